The molecule has 2 aromatic rings. The first kappa shape index (κ1) is 25.7. The van der Waals surface area contributed by atoms with Crippen LogP contribution >= 0.6 is 0 Å². The van der Waals surface area contributed by atoms with Crippen LogP contribution in [0.2, 0.25) is 0 Å². The van der Waals surface area contributed by atoms with Crippen LogP contribution in [0.1, 0.15) is 23.1 Å². The van der Waals surface area contributed by atoms with E-state index in [-0.39, 0.29) is 17.8 Å². The van der Waals surface area contributed by atoms with Gasteiger partial charge in [-0.1, -0.05) is 36.4 Å². The molecule has 0 aliphatic carbocycles. The average molecular weight is 503 g/mol. The van der Waals surface area contributed by atoms with Gasteiger partial charge in [0, 0.05) is 38.4 Å². The number of nitrogens with one attached hydrogen (secondary N) is 2. The first-order chi connectivity index (χ1) is 17.1. The number of anilines is 1. The number of nitrogens with zero attached hydrogens (tertiary/aromatic N) is 2. The summed E-state index contributed by atoms with van der Waals surface area (Å²) >= 11 is 0. The largest absolute Gasteiger partial charge is 0.509 e. The van der Waals surface area contributed by atoms with Gasteiger partial charge in [-0.25, -0.2) is 0 Å². The molecule has 1 saturated heterocycles. The Labute approximate surface area is 207 Å². The fourth-order valence-corrected chi connectivity index (χ4v) is 4.47. The quantitative estimate of drug-likeness (QED) is 0.506. The van der Waals surface area contributed by atoms with E-state index in [0.717, 1.165) is 24.7 Å². The van der Waals surface area contributed by atoms with E-state index in [1.54, 1.807) is 0 Å². The Morgan fingerprint density at radius 3 is 2.47 bits per heavy atom. The van der Waals surface area contributed by atoms with Gasteiger partial charge < -0.3 is 20.6 Å². The fraction of sp³-hybridized carbons (Fsp3) is 0.385. The molecule has 4 rings (SSSR count). The van der Waals surface area contributed by atoms with Crippen molar-refractivity contribution in [2.45, 2.75) is 31.6 Å². The van der Waals surface area contributed by atoms with Gasteiger partial charge in [0.25, 0.3) is 11.8 Å². The van der Waals surface area contributed by atoms with E-state index in [4.69, 9.17) is 0 Å². The molecule has 2 amide bonds. The highest BCUT2D eigenvalue weighted by molar-refractivity contribution is 6.24. The number of benzene rings is 2. The van der Waals surface area contributed by atoms with Gasteiger partial charge in [0.2, 0.25) is 0 Å². The Morgan fingerprint density at radius 2 is 1.81 bits per heavy atom. The molecule has 36 heavy (non-hydrogen) atoms. The second kappa shape index (κ2) is 10.7. The second-order valence-corrected chi connectivity index (χ2v) is 9.21. The summed E-state index contributed by atoms with van der Waals surface area (Å²) < 4.78 is 41.5. The molecule has 0 radical (unpaired) electrons. The summed E-state index contributed by atoms with van der Waals surface area (Å²) in [4.78, 5) is 29.2. The Bertz CT molecular complexity index is 1140. The third-order valence-corrected chi connectivity index (χ3v) is 6.57. The minimum Gasteiger partial charge on any atom is -0.509 e. The molecular weight excluding hydrogens is 473 g/mol. The van der Waals surface area contributed by atoms with Crippen LogP contribution in [0.4, 0.5) is 18.9 Å². The first-order valence-corrected chi connectivity index (χ1v) is 11.8. The van der Waals surface area contributed by atoms with Gasteiger partial charge in [0.1, 0.15) is 11.3 Å². The molecule has 0 bridgehead atoms. The summed E-state index contributed by atoms with van der Waals surface area (Å²) in [6.07, 6.45) is -3.68. The van der Waals surface area contributed by atoms with Crippen LogP contribution in [0.15, 0.2) is 59.9 Å². The van der Waals surface area contributed by atoms with Crippen molar-refractivity contribution in [2.75, 3.05) is 38.5 Å². The zero-order chi connectivity index (χ0) is 25.9. The van der Waals surface area contributed by atoms with Crippen LogP contribution in [0, 0.1) is 0 Å². The van der Waals surface area contributed by atoms with Crippen molar-refractivity contribution < 1.29 is 27.9 Å². The highest BCUT2D eigenvalue weighted by atomic mass is 19.4. The van der Waals surface area contributed by atoms with Crippen LogP contribution in [-0.4, -0.2) is 66.0 Å². The van der Waals surface area contributed by atoms with Crippen molar-refractivity contribution in [3.8, 4) is 0 Å². The van der Waals surface area contributed by atoms with Crippen molar-refractivity contribution >= 4 is 17.5 Å². The smallest absolute Gasteiger partial charge is 0.416 e. The van der Waals surface area contributed by atoms with Gasteiger partial charge in [0.05, 0.1) is 11.6 Å². The van der Waals surface area contributed by atoms with Crippen molar-refractivity contribution in [1.82, 2.24) is 15.1 Å². The van der Waals surface area contributed by atoms with Gasteiger partial charge in [-0.2, -0.15) is 13.2 Å². The number of hydrogen-bond donors (Lipinski definition) is 3. The molecule has 1 unspecified atom stereocenters. The highest BCUT2D eigenvalue weighted by Crippen LogP contribution is 2.35. The number of aliphatic hydroxyl groups is 1. The monoisotopic (exact) mass is 502 g/mol. The average Bonchev–Trinajstić information content (AvgIpc) is 3.13. The van der Waals surface area contributed by atoms with Crippen molar-refractivity contribution in [3.05, 3.63) is 76.6 Å². The summed E-state index contributed by atoms with van der Waals surface area (Å²) in [6, 6.07) is 12.3. The third-order valence-electron chi connectivity index (χ3n) is 6.57. The number of alkyl halides is 3. The van der Waals surface area contributed by atoms with Crippen LogP contribution < -0.4 is 10.6 Å². The lowest BCUT2D eigenvalue weighted by atomic mass is 10.0. The van der Waals surface area contributed by atoms with Crippen LogP contribution in [0.25, 0.3) is 0 Å². The summed E-state index contributed by atoms with van der Waals surface area (Å²) in [7, 11) is 1.97. The number of aryl methyl sites for hydroxylation is 1. The molecule has 7 nitrogen and oxygen atoms in total. The van der Waals surface area contributed by atoms with Crippen molar-refractivity contribution in [3.63, 3.8) is 0 Å². The molecule has 1 atom stereocenters. The molecule has 2 aliphatic rings. The van der Waals surface area contributed by atoms with Crippen LogP contribution in [0.5, 0.6) is 0 Å². The fourth-order valence-electron chi connectivity index (χ4n) is 4.47. The standard InChI is InChI=1S/C26H29F3N4O3/c1-32-11-13-33(14-12-32)16-18-8-9-19(15-20(18)26(27,28)29)30-24(35)22-23(34)21(31-25(22)36)10-7-17-5-3-2-4-6-17/h2-6,8-9,15,21,34H,7,10-14,16H2,1H3,(H,30,35)(H,31,36). The van der Waals surface area contributed by atoms with E-state index in [2.05, 4.69) is 15.5 Å². The number of halogens is 3. The predicted molar refractivity (Wildman–Crippen MR) is 129 cm³/mol. The summed E-state index contributed by atoms with van der Waals surface area (Å²) in [5.74, 6) is -2.12. The molecule has 2 aliphatic heterocycles. The number of likely N-dealkylation sites (N-methyl/N-ethyl adjacent to an activating group) is 1. The zero-order valence-electron chi connectivity index (χ0n) is 19.9. The Morgan fingerprint density at radius 1 is 1.11 bits per heavy atom. The molecule has 192 valence electrons. The second-order valence-electron chi connectivity index (χ2n) is 9.21. The SMILES string of the molecule is CN1CCN(Cc2ccc(NC(=O)C3=C(O)C(CCc4ccccc4)NC3=O)cc2C(F)(F)F)CC1. The zero-order valence-corrected chi connectivity index (χ0v) is 19.9. The summed E-state index contributed by atoms with van der Waals surface area (Å²) in [5.41, 5.74) is -0.298. The molecule has 0 spiro atoms. The summed E-state index contributed by atoms with van der Waals surface area (Å²) in [6.45, 7) is 3.04. The Kier molecular flexibility index (Phi) is 7.65. The van der Waals surface area contributed by atoms with E-state index >= 15 is 0 Å². The minimum absolute atomic E-state index is 0.102. The van der Waals surface area contributed by atoms with Gasteiger partial charge in [0.15, 0.2) is 0 Å². The lowest BCUT2D eigenvalue weighted by Gasteiger charge is -2.33. The normalized spacial score (nSPS) is 19.4. The maximum atomic E-state index is 13.8. The predicted octanol–water partition coefficient (Wildman–Crippen LogP) is 3.33. The Balaban J connectivity index is 1.47. The molecule has 10 heteroatoms. The lowest BCUT2D eigenvalue weighted by Crippen LogP contribution is -2.44. The van der Waals surface area contributed by atoms with E-state index < -0.39 is 40.9 Å². The van der Waals surface area contributed by atoms with E-state index in [0.29, 0.717) is 25.9 Å². The molecule has 1 fully saturated rings. The highest BCUT2D eigenvalue weighted by Gasteiger charge is 2.37. The topological polar surface area (TPSA) is 84.9 Å². The molecule has 2 aromatic carbocycles. The van der Waals surface area contributed by atoms with Gasteiger partial charge >= 0.3 is 6.18 Å². The summed E-state index contributed by atoms with van der Waals surface area (Å²) in [5, 5.41) is 15.4. The molecule has 0 saturated carbocycles. The van der Waals surface area contributed by atoms with Crippen LogP contribution in [0.3, 0.4) is 0 Å². The van der Waals surface area contributed by atoms with Gasteiger partial charge in [-0.15, -0.1) is 0 Å². The first-order valence-electron chi connectivity index (χ1n) is 11.8. The number of carbonyl (C=O) groups excluding carboxylic acids is 2. The number of amides is 2. The van der Waals surface area contributed by atoms with E-state index in [1.807, 2.05) is 42.3 Å². The number of carbonyl (C=O) groups is 2. The van der Waals surface area contributed by atoms with E-state index in [1.165, 1.54) is 12.1 Å². The third kappa shape index (κ3) is 6.06. The number of hydrogen-bond acceptors (Lipinski definition) is 5. The lowest BCUT2D eigenvalue weighted by molar-refractivity contribution is -0.138. The van der Waals surface area contributed by atoms with Gasteiger partial charge in [-0.05, 0) is 43.1 Å². The minimum atomic E-state index is -4.61. The number of aliphatic hydroxyl groups excluding tert-OH is 1. The van der Waals surface area contributed by atoms with Crippen molar-refractivity contribution in [1.29, 1.82) is 0 Å². The van der Waals surface area contributed by atoms with Crippen molar-refractivity contribution in [2.24, 2.45) is 0 Å². The van der Waals surface area contributed by atoms with Gasteiger partial charge in [-0.3, -0.25) is 14.5 Å². The molecular formula is C26H29F3N4O3. The molecule has 0 aromatic heterocycles. The molecule has 3 N–H and O–H groups in total. The maximum Gasteiger partial charge on any atom is 0.416 e. The van der Waals surface area contributed by atoms with E-state index in [9.17, 15) is 27.9 Å². The Hall–Kier alpha value is -3.37. The maximum absolute atomic E-state index is 13.8. The molecule has 2 heterocycles. The van der Waals surface area contributed by atoms with Crippen LogP contribution in [-0.2, 0) is 28.7 Å². The number of piperazine rings is 1. The number of rotatable bonds is 7.